The lowest BCUT2D eigenvalue weighted by Gasteiger charge is -2.13. The number of nitrogens with one attached hydrogen (secondary N) is 1. The number of carbonyl (C=O) groups excluding carboxylic acids is 1. The Bertz CT molecular complexity index is 536. The summed E-state index contributed by atoms with van der Waals surface area (Å²) in [5.74, 6) is 0.396. The molecule has 5 heteroatoms. The monoisotopic (exact) mass is 230 g/mol. The van der Waals surface area contributed by atoms with E-state index >= 15 is 0 Å². The van der Waals surface area contributed by atoms with Crippen molar-refractivity contribution in [2.45, 2.75) is 19.4 Å². The van der Waals surface area contributed by atoms with Gasteiger partial charge in [-0.25, -0.2) is 9.97 Å². The van der Waals surface area contributed by atoms with E-state index in [0.717, 1.165) is 16.7 Å². The third kappa shape index (κ3) is 2.69. The minimum absolute atomic E-state index is 0.0502. The van der Waals surface area contributed by atoms with Crippen LogP contribution in [0.1, 0.15) is 13.3 Å². The Hall–Kier alpha value is -2.17. The molecule has 1 amide bonds. The second-order valence-corrected chi connectivity index (χ2v) is 3.96. The SMILES string of the molecule is CC(CC(N)=O)Nc1ncnc2ccccc12. The average Bonchev–Trinajstić information content (AvgIpc) is 2.28. The molecule has 1 atom stereocenters. The van der Waals surface area contributed by atoms with Crippen LogP contribution in [0.25, 0.3) is 10.9 Å². The van der Waals surface area contributed by atoms with Crippen LogP contribution in [0, 0.1) is 0 Å². The topological polar surface area (TPSA) is 80.9 Å². The van der Waals surface area contributed by atoms with Gasteiger partial charge in [0.05, 0.1) is 5.52 Å². The highest BCUT2D eigenvalue weighted by Crippen LogP contribution is 2.19. The van der Waals surface area contributed by atoms with Crippen LogP contribution in [-0.4, -0.2) is 21.9 Å². The molecule has 1 aromatic heterocycles. The summed E-state index contributed by atoms with van der Waals surface area (Å²) in [6.45, 7) is 1.89. The number of benzene rings is 1. The fraction of sp³-hybridized carbons (Fsp3) is 0.250. The summed E-state index contributed by atoms with van der Waals surface area (Å²) in [7, 11) is 0. The maximum absolute atomic E-state index is 10.8. The standard InChI is InChI=1S/C12H14N4O/c1-8(6-11(13)17)16-12-9-4-2-3-5-10(9)14-7-15-12/h2-5,7-8H,6H2,1H3,(H2,13,17)(H,14,15,16). The molecular weight excluding hydrogens is 216 g/mol. The van der Waals surface area contributed by atoms with Crippen molar-refractivity contribution in [3.63, 3.8) is 0 Å². The van der Waals surface area contributed by atoms with E-state index in [1.807, 2.05) is 31.2 Å². The van der Waals surface area contributed by atoms with Crippen LogP contribution in [0.3, 0.4) is 0 Å². The highest BCUT2D eigenvalue weighted by molar-refractivity contribution is 5.88. The second-order valence-electron chi connectivity index (χ2n) is 3.96. The van der Waals surface area contributed by atoms with Crippen LogP contribution in [0.15, 0.2) is 30.6 Å². The van der Waals surface area contributed by atoms with Crippen LogP contribution in [0.2, 0.25) is 0 Å². The number of amides is 1. The van der Waals surface area contributed by atoms with Crippen molar-refractivity contribution in [3.05, 3.63) is 30.6 Å². The number of fused-ring (bicyclic) bond motifs is 1. The van der Waals surface area contributed by atoms with Gasteiger partial charge in [0, 0.05) is 17.8 Å². The highest BCUT2D eigenvalue weighted by atomic mass is 16.1. The van der Waals surface area contributed by atoms with Gasteiger partial charge in [-0.15, -0.1) is 0 Å². The molecule has 0 aliphatic rings. The van der Waals surface area contributed by atoms with E-state index in [1.54, 1.807) is 0 Å². The molecular formula is C12H14N4O. The Kier molecular flexibility index (Phi) is 3.18. The van der Waals surface area contributed by atoms with Gasteiger partial charge < -0.3 is 11.1 Å². The van der Waals surface area contributed by atoms with Crippen LogP contribution in [0.4, 0.5) is 5.82 Å². The molecule has 0 radical (unpaired) electrons. The predicted molar refractivity (Wildman–Crippen MR) is 66.4 cm³/mol. The van der Waals surface area contributed by atoms with E-state index in [1.165, 1.54) is 6.33 Å². The number of nitrogens with zero attached hydrogens (tertiary/aromatic N) is 2. The van der Waals surface area contributed by atoms with Crippen molar-refractivity contribution >= 4 is 22.6 Å². The maximum Gasteiger partial charge on any atom is 0.219 e. The van der Waals surface area contributed by atoms with Crippen LogP contribution in [-0.2, 0) is 4.79 Å². The summed E-state index contributed by atoms with van der Waals surface area (Å²) in [5.41, 5.74) is 6.02. The van der Waals surface area contributed by atoms with E-state index in [9.17, 15) is 4.79 Å². The third-order valence-corrected chi connectivity index (χ3v) is 2.43. The van der Waals surface area contributed by atoms with Crippen LogP contribution >= 0.6 is 0 Å². The number of rotatable bonds is 4. The number of hydrogen-bond donors (Lipinski definition) is 2. The van der Waals surface area contributed by atoms with E-state index < -0.39 is 0 Å². The zero-order chi connectivity index (χ0) is 12.3. The average molecular weight is 230 g/mol. The van der Waals surface area contributed by atoms with Crippen molar-refractivity contribution in [2.24, 2.45) is 5.73 Å². The maximum atomic E-state index is 10.8. The molecule has 88 valence electrons. The molecule has 0 spiro atoms. The summed E-state index contributed by atoms with van der Waals surface area (Å²) in [5, 5.41) is 4.10. The van der Waals surface area contributed by atoms with E-state index in [2.05, 4.69) is 15.3 Å². The minimum Gasteiger partial charge on any atom is -0.370 e. The van der Waals surface area contributed by atoms with E-state index in [4.69, 9.17) is 5.73 Å². The number of anilines is 1. The van der Waals surface area contributed by atoms with Crippen molar-refractivity contribution in [2.75, 3.05) is 5.32 Å². The lowest BCUT2D eigenvalue weighted by atomic mass is 10.2. The quantitative estimate of drug-likeness (QED) is 0.829. The van der Waals surface area contributed by atoms with Crippen LogP contribution < -0.4 is 11.1 Å². The third-order valence-electron chi connectivity index (χ3n) is 2.43. The predicted octanol–water partition coefficient (Wildman–Crippen LogP) is 1.31. The van der Waals surface area contributed by atoms with Gasteiger partial charge in [0.15, 0.2) is 0 Å². The van der Waals surface area contributed by atoms with Gasteiger partial charge in [0.1, 0.15) is 12.1 Å². The number of nitrogens with two attached hydrogens (primary N) is 1. The molecule has 0 aliphatic carbocycles. The van der Waals surface area contributed by atoms with Crippen molar-refractivity contribution < 1.29 is 4.79 Å². The second kappa shape index (κ2) is 4.78. The van der Waals surface area contributed by atoms with Gasteiger partial charge in [-0.3, -0.25) is 4.79 Å². The van der Waals surface area contributed by atoms with Gasteiger partial charge in [0.25, 0.3) is 0 Å². The number of hydrogen-bond acceptors (Lipinski definition) is 4. The van der Waals surface area contributed by atoms with Gasteiger partial charge in [-0.05, 0) is 19.1 Å². The van der Waals surface area contributed by atoms with Gasteiger partial charge in [0.2, 0.25) is 5.91 Å². The zero-order valence-corrected chi connectivity index (χ0v) is 9.55. The van der Waals surface area contributed by atoms with Crippen LogP contribution in [0.5, 0.6) is 0 Å². The Morgan fingerprint density at radius 3 is 2.94 bits per heavy atom. The molecule has 17 heavy (non-hydrogen) atoms. The molecule has 1 unspecified atom stereocenters. The Morgan fingerprint density at radius 2 is 2.18 bits per heavy atom. The Balaban J connectivity index is 2.26. The number of carbonyl (C=O) groups is 1. The highest BCUT2D eigenvalue weighted by Gasteiger charge is 2.08. The minimum atomic E-state index is -0.330. The van der Waals surface area contributed by atoms with Crippen molar-refractivity contribution in [1.29, 1.82) is 0 Å². The van der Waals surface area contributed by atoms with E-state index in [-0.39, 0.29) is 18.4 Å². The summed E-state index contributed by atoms with van der Waals surface area (Å²) in [6, 6.07) is 7.66. The fourth-order valence-corrected chi connectivity index (χ4v) is 1.71. The molecule has 0 fully saturated rings. The number of primary amides is 1. The molecule has 0 saturated carbocycles. The summed E-state index contributed by atoms with van der Waals surface area (Å²) >= 11 is 0. The molecule has 0 saturated heterocycles. The molecule has 2 rings (SSSR count). The first kappa shape index (κ1) is 11.3. The largest absolute Gasteiger partial charge is 0.370 e. The number of para-hydroxylation sites is 1. The fourth-order valence-electron chi connectivity index (χ4n) is 1.71. The molecule has 2 aromatic rings. The zero-order valence-electron chi connectivity index (χ0n) is 9.55. The first-order chi connectivity index (χ1) is 8.16. The molecule has 1 aromatic carbocycles. The normalized spacial score (nSPS) is 12.3. The Labute approximate surface area is 99.1 Å². The lowest BCUT2D eigenvalue weighted by Crippen LogP contribution is -2.24. The van der Waals surface area contributed by atoms with Gasteiger partial charge >= 0.3 is 0 Å². The molecule has 0 bridgehead atoms. The first-order valence-electron chi connectivity index (χ1n) is 5.41. The number of aromatic nitrogens is 2. The molecule has 5 nitrogen and oxygen atoms in total. The van der Waals surface area contributed by atoms with Gasteiger partial charge in [-0.1, -0.05) is 12.1 Å². The lowest BCUT2D eigenvalue weighted by molar-refractivity contribution is -0.118. The van der Waals surface area contributed by atoms with Crippen molar-refractivity contribution in [3.8, 4) is 0 Å². The molecule has 0 aliphatic heterocycles. The van der Waals surface area contributed by atoms with Crippen molar-refractivity contribution in [1.82, 2.24) is 9.97 Å². The Morgan fingerprint density at radius 1 is 1.41 bits per heavy atom. The molecule has 3 N–H and O–H groups in total. The molecule has 1 heterocycles. The first-order valence-corrected chi connectivity index (χ1v) is 5.41. The summed E-state index contributed by atoms with van der Waals surface area (Å²) < 4.78 is 0. The smallest absolute Gasteiger partial charge is 0.219 e. The van der Waals surface area contributed by atoms with Gasteiger partial charge in [-0.2, -0.15) is 0 Å². The summed E-state index contributed by atoms with van der Waals surface area (Å²) in [4.78, 5) is 19.2. The van der Waals surface area contributed by atoms with E-state index in [0.29, 0.717) is 0 Å². The summed E-state index contributed by atoms with van der Waals surface area (Å²) in [6.07, 6.45) is 1.78.